The van der Waals surface area contributed by atoms with Crippen molar-refractivity contribution in [2.45, 2.75) is 29.9 Å². The molecule has 0 spiro atoms. The lowest BCUT2D eigenvalue weighted by atomic mass is 10.1. The number of ether oxygens (including phenoxy) is 1. The Morgan fingerprint density at radius 2 is 1.94 bits per heavy atom. The summed E-state index contributed by atoms with van der Waals surface area (Å²) in [6.07, 6.45) is 9.80. The Morgan fingerprint density at radius 1 is 1.24 bits per heavy atom. The van der Waals surface area contributed by atoms with Crippen LogP contribution in [-0.2, 0) is 19.4 Å². The van der Waals surface area contributed by atoms with Gasteiger partial charge in [-0.25, -0.2) is 8.42 Å². The van der Waals surface area contributed by atoms with E-state index in [1.54, 1.807) is 36.5 Å². The van der Waals surface area contributed by atoms with Crippen LogP contribution in [0.2, 0.25) is 0 Å². The standard InChI is InChI=1S/C12H14O4S/c1-9(13)16-11-7-4-6-10-5-2-3-8-12(11)17(10,14)15/h2-5,7-8,10-12H,6H2,1H3/t10-,11+,12+/m1/s1. The van der Waals surface area contributed by atoms with Gasteiger partial charge in [0, 0.05) is 6.92 Å². The summed E-state index contributed by atoms with van der Waals surface area (Å²) >= 11 is 0. The van der Waals surface area contributed by atoms with Gasteiger partial charge in [-0.2, -0.15) is 0 Å². The Labute approximate surface area is 101 Å². The second kappa shape index (κ2) is 4.49. The summed E-state index contributed by atoms with van der Waals surface area (Å²) in [7, 11) is -3.35. The van der Waals surface area contributed by atoms with E-state index in [1.807, 2.05) is 0 Å². The van der Waals surface area contributed by atoms with E-state index in [1.165, 1.54) is 6.92 Å². The Balaban J connectivity index is 2.42. The van der Waals surface area contributed by atoms with E-state index in [0.29, 0.717) is 6.42 Å². The van der Waals surface area contributed by atoms with Crippen LogP contribution in [0.4, 0.5) is 0 Å². The molecule has 92 valence electrons. The van der Waals surface area contributed by atoms with E-state index >= 15 is 0 Å². The predicted molar refractivity (Wildman–Crippen MR) is 64.1 cm³/mol. The zero-order valence-corrected chi connectivity index (χ0v) is 10.3. The maximum atomic E-state index is 12.3. The number of sulfone groups is 1. The van der Waals surface area contributed by atoms with Gasteiger partial charge in [-0.3, -0.25) is 4.79 Å². The third-order valence-electron chi connectivity index (χ3n) is 2.86. The molecule has 0 aromatic heterocycles. The number of allylic oxidation sites excluding steroid dienone is 3. The third kappa shape index (κ3) is 2.34. The molecule has 2 bridgehead atoms. The number of fused-ring (bicyclic) bond motifs is 2. The SMILES string of the molecule is CC(=O)O[C@H]1C=CC[C@H]2C=CC=C[C@@H]1S2(=O)=O. The molecule has 3 atom stereocenters. The van der Waals surface area contributed by atoms with Crippen LogP contribution in [0.3, 0.4) is 0 Å². The van der Waals surface area contributed by atoms with Gasteiger partial charge in [0.05, 0.1) is 5.25 Å². The largest absolute Gasteiger partial charge is 0.457 e. The molecule has 2 aliphatic heterocycles. The van der Waals surface area contributed by atoms with Crippen molar-refractivity contribution in [3.05, 3.63) is 36.5 Å². The minimum absolute atomic E-state index is 0.425. The maximum Gasteiger partial charge on any atom is 0.303 e. The van der Waals surface area contributed by atoms with Crippen LogP contribution in [-0.4, -0.2) is 31.0 Å². The van der Waals surface area contributed by atoms with E-state index in [0.717, 1.165) is 0 Å². The minimum Gasteiger partial charge on any atom is -0.457 e. The second-order valence-electron chi connectivity index (χ2n) is 4.10. The van der Waals surface area contributed by atoms with Crippen LogP contribution >= 0.6 is 0 Å². The first-order valence-corrected chi connectivity index (χ1v) is 7.04. The first kappa shape index (κ1) is 12.1. The lowest BCUT2D eigenvalue weighted by molar-refractivity contribution is -0.143. The average Bonchev–Trinajstić information content (AvgIpc) is 2.44. The van der Waals surface area contributed by atoms with Gasteiger partial charge in [-0.1, -0.05) is 30.4 Å². The number of esters is 1. The monoisotopic (exact) mass is 254 g/mol. The first-order chi connectivity index (χ1) is 8.01. The molecule has 5 heteroatoms. The van der Waals surface area contributed by atoms with Crippen LogP contribution in [0.15, 0.2) is 36.5 Å². The minimum atomic E-state index is -3.35. The summed E-state index contributed by atoms with van der Waals surface area (Å²) in [4.78, 5) is 11.0. The molecule has 0 aromatic rings. The topological polar surface area (TPSA) is 60.4 Å². The van der Waals surface area contributed by atoms with Crippen LogP contribution in [0.1, 0.15) is 13.3 Å². The summed E-state index contributed by atoms with van der Waals surface area (Å²) < 4.78 is 29.7. The van der Waals surface area contributed by atoms with E-state index in [2.05, 4.69) is 0 Å². The summed E-state index contributed by atoms with van der Waals surface area (Å²) in [6, 6.07) is 0. The van der Waals surface area contributed by atoms with Gasteiger partial charge in [-0.05, 0) is 12.5 Å². The number of carbonyl (C=O) groups excluding carboxylic acids is 1. The fourth-order valence-corrected chi connectivity index (χ4v) is 3.97. The fraction of sp³-hybridized carbons (Fsp3) is 0.417. The lowest BCUT2D eigenvalue weighted by Crippen LogP contribution is -2.37. The molecule has 0 unspecified atom stereocenters. The summed E-state index contributed by atoms with van der Waals surface area (Å²) in [6.45, 7) is 1.28. The van der Waals surface area contributed by atoms with Crippen molar-refractivity contribution in [2.24, 2.45) is 0 Å². The quantitative estimate of drug-likeness (QED) is 0.520. The molecular formula is C12H14O4S. The highest BCUT2D eigenvalue weighted by molar-refractivity contribution is 7.93. The predicted octanol–water partition coefficient (Wildman–Crippen LogP) is 1.16. The molecule has 17 heavy (non-hydrogen) atoms. The van der Waals surface area contributed by atoms with Crippen molar-refractivity contribution in [3.63, 3.8) is 0 Å². The highest BCUT2D eigenvalue weighted by Crippen LogP contribution is 2.26. The van der Waals surface area contributed by atoms with Gasteiger partial charge in [0.2, 0.25) is 0 Å². The smallest absolute Gasteiger partial charge is 0.303 e. The van der Waals surface area contributed by atoms with Crippen molar-refractivity contribution in [1.82, 2.24) is 0 Å². The number of hydrogen-bond acceptors (Lipinski definition) is 4. The van der Waals surface area contributed by atoms with Gasteiger partial charge < -0.3 is 4.74 Å². The van der Waals surface area contributed by atoms with Crippen molar-refractivity contribution in [2.75, 3.05) is 0 Å². The zero-order chi connectivity index (χ0) is 12.5. The molecule has 0 N–H and O–H groups in total. The van der Waals surface area contributed by atoms with Crippen molar-refractivity contribution < 1.29 is 17.9 Å². The van der Waals surface area contributed by atoms with Crippen molar-refractivity contribution >= 4 is 15.8 Å². The van der Waals surface area contributed by atoms with Crippen molar-refractivity contribution in [1.29, 1.82) is 0 Å². The molecule has 2 aliphatic rings. The maximum absolute atomic E-state index is 12.3. The number of rotatable bonds is 1. The van der Waals surface area contributed by atoms with E-state index in [4.69, 9.17) is 4.74 Å². The van der Waals surface area contributed by atoms with Crippen LogP contribution in [0.5, 0.6) is 0 Å². The summed E-state index contributed by atoms with van der Waals surface area (Å²) in [5, 5.41) is -1.32. The van der Waals surface area contributed by atoms with Gasteiger partial charge in [0.15, 0.2) is 9.84 Å². The van der Waals surface area contributed by atoms with Crippen LogP contribution in [0, 0.1) is 0 Å². The molecule has 0 aromatic carbocycles. The first-order valence-electron chi connectivity index (χ1n) is 5.43. The molecule has 2 heterocycles. The highest BCUT2D eigenvalue weighted by atomic mass is 32.2. The molecule has 2 rings (SSSR count). The summed E-state index contributed by atoms with van der Waals surface area (Å²) in [5.41, 5.74) is 0. The fourth-order valence-electron chi connectivity index (χ4n) is 2.05. The van der Waals surface area contributed by atoms with Crippen LogP contribution in [0.25, 0.3) is 0 Å². The van der Waals surface area contributed by atoms with Gasteiger partial charge in [0.25, 0.3) is 0 Å². The highest BCUT2D eigenvalue weighted by Gasteiger charge is 2.39. The van der Waals surface area contributed by atoms with Crippen LogP contribution < -0.4 is 0 Å². The van der Waals surface area contributed by atoms with E-state index < -0.39 is 32.4 Å². The second-order valence-corrected chi connectivity index (χ2v) is 6.43. The average molecular weight is 254 g/mol. The lowest BCUT2D eigenvalue weighted by Gasteiger charge is -2.21. The Kier molecular flexibility index (Phi) is 3.19. The Bertz CT molecular complexity index is 499. The normalized spacial score (nSPS) is 33.8. The number of carbonyl (C=O) groups is 1. The van der Waals surface area contributed by atoms with Gasteiger partial charge in [-0.15, -0.1) is 0 Å². The molecule has 0 aliphatic carbocycles. The van der Waals surface area contributed by atoms with E-state index in [9.17, 15) is 13.2 Å². The van der Waals surface area contributed by atoms with E-state index in [-0.39, 0.29) is 0 Å². The zero-order valence-electron chi connectivity index (χ0n) is 9.44. The number of hydrogen-bond donors (Lipinski definition) is 0. The molecule has 0 saturated heterocycles. The third-order valence-corrected chi connectivity index (χ3v) is 5.24. The molecule has 0 radical (unpaired) electrons. The molecule has 4 nitrogen and oxygen atoms in total. The molecule has 0 amide bonds. The van der Waals surface area contributed by atoms with Crippen molar-refractivity contribution in [3.8, 4) is 0 Å². The van der Waals surface area contributed by atoms with Gasteiger partial charge in [0.1, 0.15) is 11.4 Å². The Hall–Kier alpha value is -1.36. The molecular weight excluding hydrogens is 240 g/mol. The molecule has 0 fully saturated rings. The Morgan fingerprint density at radius 3 is 2.65 bits per heavy atom. The molecule has 0 saturated carbocycles. The summed E-state index contributed by atoms with van der Waals surface area (Å²) in [5.74, 6) is -0.473. The van der Waals surface area contributed by atoms with Gasteiger partial charge >= 0.3 is 5.97 Å².